The summed E-state index contributed by atoms with van der Waals surface area (Å²) >= 11 is 1.59. The monoisotopic (exact) mass is 424 g/mol. The van der Waals surface area contributed by atoms with Gasteiger partial charge in [-0.2, -0.15) is 4.31 Å². The molecule has 0 aliphatic carbocycles. The number of sulfonamides is 1. The van der Waals surface area contributed by atoms with Crippen LogP contribution in [-0.2, 0) is 16.4 Å². The number of carbonyl (C=O) groups excluding carboxylic acids is 1. The van der Waals surface area contributed by atoms with Crippen LogP contribution in [0.25, 0.3) is 0 Å². The number of urea groups is 1. The summed E-state index contributed by atoms with van der Waals surface area (Å²) in [4.78, 5) is 16.7. The number of hydrogen-bond acceptors (Lipinski definition) is 5. The van der Waals surface area contributed by atoms with Crippen molar-refractivity contribution in [3.05, 3.63) is 45.9 Å². The minimum absolute atomic E-state index is 0.244. The van der Waals surface area contributed by atoms with E-state index in [-0.39, 0.29) is 17.0 Å². The molecule has 1 aromatic heterocycles. The van der Waals surface area contributed by atoms with Crippen LogP contribution in [0, 0.1) is 6.92 Å². The largest absolute Gasteiger partial charge is 0.338 e. The summed E-state index contributed by atoms with van der Waals surface area (Å²) in [5.41, 5.74) is 1.81. The van der Waals surface area contributed by atoms with E-state index >= 15 is 0 Å². The van der Waals surface area contributed by atoms with Gasteiger partial charge in [0.25, 0.3) is 0 Å². The average Bonchev–Trinajstić information content (AvgIpc) is 3.07. The Hall–Kier alpha value is -1.97. The van der Waals surface area contributed by atoms with E-state index in [2.05, 4.69) is 15.6 Å². The summed E-state index contributed by atoms with van der Waals surface area (Å²) in [5.74, 6) is 0. The first-order chi connectivity index (χ1) is 13.3. The molecule has 0 aliphatic rings. The van der Waals surface area contributed by atoms with Gasteiger partial charge >= 0.3 is 6.03 Å². The molecule has 1 atom stereocenters. The second-order valence-electron chi connectivity index (χ2n) is 6.39. The zero-order valence-electron chi connectivity index (χ0n) is 16.7. The third-order valence-electron chi connectivity index (χ3n) is 4.40. The van der Waals surface area contributed by atoms with Crippen LogP contribution >= 0.6 is 11.3 Å². The van der Waals surface area contributed by atoms with Crippen LogP contribution in [0.1, 0.15) is 43.1 Å². The molecule has 0 bridgehead atoms. The standard InChI is InChI=1S/C19H28N4O3S2/c1-5-23(6-2)28(25,26)18-9-7-16(8-10-18)14(3)21-19(24)20-12-11-17-13-27-15(4)22-17/h7-10,13-14H,5-6,11-12H2,1-4H3,(H2,20,21,24). The van der Waals surface area contributed by atoms with Gasteiger partial charge in [-0.05, 0) is 31.5 Å². The van der Waals surface area contributed by atoms with Gasteiger partial charge in [-0.25, -0.2) is 18.2 Å². The zero-order chi connectivity index (χ0) is 20.7. The summed E-state index contributed by atoms with van der Waals surface area (Å²) < 4.78 is 26.5. The van der Waals surface area contributed by atoms with Gasteiger partial charge in [-0.1, -0.05) is 26.0 Å². The lowest BCUT2D eigenvalue weighted by Gasteiger charge is -2.19. The molecular weight excluding hydrogens is 396 g/mol. The van der Waals surface area contributed by atoms with Crippen molar-refractivity contribution in [2.24, 2.45) is 0 Å². The van der Waals surface area contributed by atoms with Crippen LogP contribution < -0.4 is 10.6 Å². The predicted octanol–water partition coefficient (Wildman–Crippen LogP) is 3.08. The molecule has 0 saturated heterocycles. The quantitative estimate of drug-likeness (QED) is 0.647. The van der Waals surface area contributed by atoms with Gasteiger partial charge in [0.2, 0.25) is 10.0 Å². The normalized spacial score (nSPS) is 12.8. The highest BCUT2D eigenvalue weighted by molar-refractivity contribution is 7.89. The first-order valence-electron chi connectivity index (χ1n) is 9.33. The molecule has 154 valence electrons. The number of nitrogens with one attached hydrogen (secondary N) is 2. The maximum absolute atomic E-state index is 12.5. The first-order valence-corrected chi connectivity index (χ1v) is 11.6. The number of carbonyl (C=O) groups is 1. The Morgan fingerprint density at radius 1 is 1.21 bits per heavy atom. The number of hydrogen-bond donors (Lipinski definition) is 2. The molecule has 1 heterocycles. The van der Waals surface area contributed by atoms with Gasteiger partial charge in [0.05, 0.1) is 21.6 Å². The summed E-state index contributed by atoms with van der Waals surface area (Å²) in [6.45, 7) is 8.80. The zero-order valence-corrected chi connectivity index (χ0v) is 18.4. The molecule has 2 amide bonds. The lowest BCUT2D eigenvalue weighted by Crippen LogP contribution is -2.38. The molecular formula is C19H28N4O3S2. The Bertz CT molecular complexity index is 875. The Morgan fingerprint density at radius 3 is 2.39 bits per heavy atom. The molecule has 7 nitrogen and oxygen atoms in total. The second-order valence-corrected chi connectivity index (χ2v) is 9.39. The number of benzene rings is 1. The maximum Gasteiger partial charge on any atom is 0.315 e. The van der Waals surface area contributed by atoms with Crippen molar-refractivity contribution in [1.29, 1.82) is 0 Å². The van der Waals surface area contributed by atoms with Gasteiger partial charge < -0.3 is 10.6 Å². The Labute approximate surface area is 171 Å². The van der Waals surface area contributed by atoms with Gasteiger partial charge in [-0.15, -0.1) is 11.3 Å². The minimum Gasteiger partial charge on any atom is -0.338 e. The van der Waals surface area contributed by atoms with Gasteiger partial charge in [0.15, 0.2) is 0 Å². The molecule has 2 rings (SSSR count). The summed E-state index contributed by atoms with van der Waals surface area (Å²) in [5, 5.41) is 8.69. The van der Waals surface area contributed by atoms with Gasteiger partial charge in [0.1, 0.15) is 0 Å². The molecule has 0 radical (unpaired) electrons. The molecule has 0 spiro atoms. The SMILES string of the molecule is CCN(CC)S(=O)(=O)c1ccc(C(C)NC(=O)NCCc2csc(C)n2)cc1. The summed E-state index contributed by atoms with van der Waals surface area (Å²) in [7, 11) is -3.47. The van der Waals surface area contributed by atoms with Crippen LogP contribution in [0.15, 0.2) is 34.5 Å². The Kier molecular flexibility index (Phi) is 7.97. The Morgan fingerprint density at radius 2 is 1.86 bits per heavy atom. The minimum atomic E-state index is -3.47. The second kappa shape index (κ2) is 9.99. The lowest BCUT2D eigenvalue weighted by molar-refractivity contribution is 0.238. The van der Waals surface area contributed by atoms with Crippen molar-refractivity contribution in [2.75, 3.05) is 19.6 Å². The van der Waals surface area contributed by atoms with Crippen LogP contribution in [-0.4, -0.2) is 43.4 Å². The van der Waals surface area contributed by atoms with Crippen LogP contribution in [0.5, 0.6) is 0 Å². The fourth-order valence-electron chi connectivity index (χ4n) is 2.80. The van der Waals surface area contributed by atoms with Crippen molar-refractivity contribution in [1.82, 2.24) is 19.9 Å². The van der Waals surface area contributed by atoms with Crippen LogP contribution in [0.3, 0.4) is 0 Å². The number of rotatable bonds is 9. The Balaban J connectivity index is 1.89. The van der Waals surface area contributed by atoms with E-state index in [1.165, 1.54) is 4.31 Å². The molecule has 9 heteroatoms. The topological polar surface area (TPSA) is 91.4 Å². The van der Waals surface area contributed by atoms with E-state index in [9.17, 15) is 13.2 Å². The fourth-order valence-corrected chi connectivity index (χ4v) is 4.90. The number of aryl methyl sites for hydroxylation is 1. The number of thiazole rings is 1. The molecule has 1 aromatic carbocycles. The first kappa shape index (κ1) is 22.3. The van der Waals surface area contributed by atoms with Crippen molar-refractivity contribution < 1.29 is 13.2 Å². The predicted molar refractivity (Wildman–Crippen MR) is 112 cm³/mol. The third-order valence-corrected chi connectivity index (χ3v) is 7.29. The highest BCUT2D eigenvalue weighted by atomic mass is 32.2. The molecule has 1 unspecified atom stereocenters. The third kappa shape index (κ3) is 5.76. The van der Waals surface area contributed by atoms with Gasteiger partial charge in [0, 0.05) is 31.4 Å². The van der Waals surface area contributed by atoms with E-state index < -0.39 is 10.0 Å². The number of nitrogens with zero attached hydrogens (tertiary/aromatic N) is 2. The van der Waals surface area contributed by atoms with E-state index in [0.717, 1.165) is 16.3 Å². The molecule has 0 saturated carbocycles. The molecule has 0 fully saturated rings. The fraction of sp³-hybridized carbons (Fsp3) is 0.474. The summed E-state index contributed by atoms with van der Waals surface area (Å²) in [6.07, 6.45) is 0.685. The van der Waals surface area contributed by atoms with Crippen molar-refractivity contribution in [3.8, 4) is 0 Å². The molecule has 28 heavy (non-hydrogen) atoms. The summed E-state index contributed by atoms with van der Waals surface area (Å²) in [6, 6.07) is 6.14. The van der Waals surface area contributed by atoms with Crippen LogP contribution in [0.4, 0.5) is 4.79 Å². The molecule has 2 aromatic rings. The highest BCUT2D eigenvalue weighted by Crippen LogP contribution is 2.19. The lowest BCUT2D eigenvalue weighted by atomic mass is 10.1. The average molecular weight is 425 g/mol. The maximum atomic E-state index is 12.5. The highest BCUT2D eigenvalue weighted by Gasteiger charge is 2.21. The van der Waals surface area contributed by atoms with E-state index in [1.54, 1.807) is 35.6 Å². The van der Waals surface area contributed by atoms with E-state index in [0.29, 0.717) is 26.1 Å². The smallest absolute Gasteiger partial charge is 0.315 e. The number of aromatic nitrogens is 1. The molecule has 0 aliphatic heterocycles. The van der Waals surface area contributed by atoms with Crippen molar-refractivity contribution in [3.63, 3.8) is 0 Å². The van der Waals surface area contributed by atoms with E-state index in [4.69, 9.17) is 0 Å². The molecule has 2 N–H and O–H groups in total. The van der Waals surface area contributed by atoms with Crippen molar-refractivity contribution >= 4 is 27.4 Å². The van der Waals surface area contributed by atoms with E-state index in [1.807, 2.05) is 33.1 Å². The number of amides is 2. The van der Waals surface area contributed by atoms with Gasteiger partial charge in [-0.3, -0.25) is 0 Å². The van der Waals surface area contributed by atoms with Crippen molar-refractivity contribution in [2.45, 2.75) is 45.1 Å². The van der Waals surface area contributed by atoms with Crippen LogP contribution in [0.2, 0.25) is 0 Å².